The molecule has 2 rings (SSSR count). The van der Waals surface area contributed by atoms with E-state index in [4.69, 9.17) is 0 Å². The Kier molecular flexibility index (Phi) is 3.82. The van der Waals surface area contributed by atoms with Gasteiger partial charge in [-0.2, -0.15) is 0 Å². The third-order valence-electron chi connectivity index (χ3n) is 2.58. The molecule has 0 aliphatic heterocycles. The molecule has 1 heterocycles. The predicted molar refractivity (Wildman–Crippen MR) is 68.6 cm³/mol. The topological polar surface area (TPSA) is 30.7 Å². The monoisotopic (exact) mass is 217 g/mol. The van der Waals surface area contributed by atoms with Crippen LogP contribution in [-0.2, 0) is 0 Å². The van der Waals surface area contributed by atoms with E-state index in [1.54, 1.807) is 0 Å². The molecule has 0 fully saturated rings. The van der Waals surface area contributed by atoms with Crippen LogP contribution < -0.4 is 0 Å². The van der Waals surface area contributed by atoms with Crippen LogP contribution in [0, 0.1) is 13.8 Å². The van der Waals surface area contributed by atoms with Gasteiger partial charge in [-0.1, -0.05) is 5.21 Å². The second-order valence-electron chi connectivity index (χ2n) is 4.05. The van der Waals surface area contributed by atoms with E-state index in [1.807, 2.05) is 4.68 Å². The number of aromatic nitrogens is 3. The van der Waals surface area contributed by atoms with E-state index in [9.17, 15) is 0 Å². The van der Waals surface area contributed by atoms with Crippen molar-refractivity contribution in [1.29, 1.82) is 0 Å². The van der Waals surface area contributed by atoms with Gasteiger partial charge in [0.1, 0.15) is 5.52 Å². The highest BCUT2D eigenvalue weighted by molar-refractivity contribution is 5.76. The third kappa shape index (κ3) is 2.13. The maximum Gasteiger partial charge on any atom is 0.113 e. The lowest BCUT2D eigenvalue weighted by Crippen LogP contribution is -2.02. The average Bonchev–Trinajstić information content (AvgIpc) is 2.65. The maximum atomic E-state index is 4.15. The SMILES string of the molecule is C=C.Cc1cc2nnn(C(C)C)c2cc1C. The summed E-state index contributed by atoms with van der Waals surface area (Å²) in [5.41, 5.74) is 4.68. The summed E-state index contributed by atoms with van der Waals surface area (Å²) in [4.78, 5) is 0. The van der Waals surface area contributed by atoms with Gasteiger partial charge in [0.15, 0.2) is 0 Å². The van der Waals surface area contributed by atoms with Crippen molar-refractivity contribution in [2.45, 2.75) is 33.7 Å². The zero-order valence-electron chi connectivity index (χ0n) is 10.5. The molecule has 0 saturated carbocycles. The van der Waals surface area contributed by atoms with E-state index in [1.165, 1.54) is 11.1 Å². The Morgan fingerprint density at radius 1 is 1.12 bits per heavy atom. The zero-order chi connectivity index (χ0) is 12.3. The number of benzene rings is 1. The Balaban J connectivity index is 0.000000606. The number of rotatable bonds is 1. The number of nitrogens with zero attached hydrogens (tertiary/aromatic N) is 3. The first-order valence-corrected chi connectivity index (χ1v) is 5.41. The molecule has 0 saturated heterocycles. The van der Waals surface area contributed by atoms with Gasteiger partial charge in [0.25, 0.3) is 0 Å². The van der Waals surface area contributed by atoms with Crippen LogP contribution in [0.3, 0.4) is 0 Å². The van der Waals surface area contributed by atoms with Crippen molar-refractivity contribution in [1.82, 2.24) is 15.0 Å². The van der Waals surface area contributed by atoms with Crippen LogP contribution in [0.15, 0.2) is 25.3 Å². The van der Waals surface area contributed by atoms with Gasteiger partial charge in [0.2, 0.25) is 0 Å². The fourth-order valence-electron chi connectivity index (χ4n) is 1.58. The van der Waals surface area contributed by atoms with Gasteiger partial charge in [-0.05, 0) is 51.0 Å². The van der Waals surface area contributed by atoms with E-state index in [0.717, 1.165) is 11.0 Å². The van der Waals surface area contributed by atoms with E-state index < -0.39 is 0 Å². The summed E-state index contributed by atoms with van der Waals surface area (Å²) in [5.74, 6) is 0. The van der Waals surface area contributed by atoms with Gasteiger partial charge in [0.05, 0.1) is 5.52 Å². The number of hydrogen-bond acceptors (Lipinski definition) is 2. The molecule has 0 bridgehead atoms. The third-order valence-corrected chi connectivity index (χ3v) is 2.58. The van der Waals surface area contributed by atoms with Crippen LogP contribution >= 0.6 is 0 Å². The molecule has 16 heavy (non-hydrogen) atoms. The zero-order valence-corrected chi connectivity index (χ0v) is 10.5. The van der Waals surface area contributed by atoms with E-state index in [-0.39, 0.29) is 0 Å². The highest BCUT2D eigenvalue weighted by atomic mass is 15.4. The summed E-state index contributed by atoms with van der Waals surface area (Å²) in [6, 6.07) is 4.61. The number of fused-ring (bicyclic) bond motifs is 1. The van der Waals surface area contributed by atoms with Crippen LogP contribution in [0.4, 0.5) is 0 Å². The number of hydrogen-bond donors (Lipinski definition) is 0. The fraction of sp³-hybridized carbons (Fsp3) is 0.385. The van der Waals surface area contributed by atoms with Crippen molar-refractivity contribution in [3.05, 3.63) is 36.4 Å². The smallest absolute Gasteiger partial charge is 0.113 e. The Morgan fingerprint density at radius 3 is 2.25 bits per heavy atom. The van der Waals surface area contributed by atoms with Gasteiger partial charge in [-0.25, -0.2) is 4.68 Å². The molecule has 0 radical (unpaired) electrons. The standard InChI is InChI=1S/C11H15N3.C2H4/c1-7(2)14-11-6-9(4)8(3)5-10(11)12-13-14;1-2/h5-7H,1-4H3;1-2H2. The first-order valence-electron chi connectivity index (χ1n) is 5.41. The van der Waals surface area contributed by atoms with E-state index in [2.05, 4.69) is 63.3 Å². The largest absolute Gasteiger partial charge is 0.242 e. The molecule has 0 aliphatic carbocycles. The van der Waals surface area contributed by atoms with Crippen molar-refractivity contribution < 1.29 is 0 Å². The molecule has 1 aromatic heterocycles. The summed E-state index contributed by atoms with van der Waals surface area (Å²) in [7, 11) is 0. The first kappa shape index (κ1) is 12.4. The first-order chi connectivity index (χ1) is 7.59. The molecular weight excluding hydrogens is 198 g/mol. The highest BCUT2D eigenvalue weighted by Gasteiger charge is 2.08. The quantitative estimate of drug-likeness (QED) is 0.685. The molecule has 1 aromatic carbocycles. The van der Waals surface area contributed by atoms with E-state index >= 15 is 0 Å². The summed E-state index contributed by atoms with van der Waals surface area (Å²) < 4.78 is 1.96. The molecular formula is C13H19N3. The lowest BCUT2D eigenvalue weighted by atomic mass is 10.1. The molecule has 2 aromatic rings. The molecule has 3 heteroatoms. The fourth-order valence-corrected chi connectivity index (χ4v) is 1.58. The molecule has 0 unspecified atom stereocenters. The van der Waals surface area contributed by atoms with Crippen molar-refractivity contribution >= 4 is 11.0 Å². The minimum Gasteiger partial charge on any atom is -0.242 e. The molecule has 0 aliphatic rings. The second kappa shape index (κ2) is 4.92. The van der Waals surface area contributed by atoms with Crippen LogP contribution in [-0.4, -0.2) is 15.0 Å². The van der Waals surface area contributed by atoms with E-state index in [0.29, 0.717) is 6.04 Å². The Morgan fingerprint density at radius 2 is 1.69 bits per heavy atom. The minimum atomic E-state index is 0.363. The predicted octanol–water partition coefficient (Wildman–Crippen LogP) is 3.43. The van der Waals surface area contributed by atoms with Crippen molar-refractivity contribution in [3.8, 4) is 0 Å². The van der Waals surface area contributed by atoms with Crippen LogP contribution in [0.25, 0.3) is 11.0 Å². The van der Waals surface area contributed by atoms with Gasteiger partial charge < -0.3 is 0 Å². The van der Waals surface area contributed by atoms with Gasteiger partial charge in [-0.15, -0.1) is 18.3 Å². The Labute approximate surface area is 96.8 Å². The van der Waals surface area contributed by atoms with Crippen LogP contribution in [0.5, 0.6) is 0 Å². The highest BCUT2D eigenvalue weighted by Crippen LogP contribution is 2.19. The molecule has 0 atom stereocenters. The minimum absolute atomic E-state index is 0.363. The lowest BCUT2D eigenvalue weighted by molar-refractivity contribution is 0.530. The van der Waals surface area contributed by atoms with Gasteiger partial charge in [0, 0.05) is 6.04 Å². The van der Waals surface area contributed by atoms with Gasteiger partial charge in [-0.3, -0.25) is 0 Å². The van der Waals surface area contributed by atoms with Crippen LogP contribution in [0.2, 0.25) is 0 Å². The normalized spacial score (nSPS) is 10.3. The molecule has 3 nitrogen and oxygen atoms in total. The molecule has 0 N–H and O–H groups in total. The summed E-state index contributed by atoms with van der Waals surface area (Å²) in [6.45, 7) is 14.4. The van der Waals surface area contributed by atoms with Crippen molar-refractivity contribution in [3.63, 3.8) is 0 Å². The molecule has 86 valence electrons. The lowest BCUT2D eigenvalue weighted by Gasteiger charge is -2.06. The average molecular weight is 217 g/mol. The second-order valence-corrected chi connectivity index (χ2v) is 4.05. The van der Waals surface area contributed by atoms with Crippen LogP contribution in [0.1, 0.15) is 31.0 Å². The Bertz CT molecular complexity index is 483. The summed E-state index contributed by atoms with van der Waals surface area (Å²) in [5, 5.41) is 8.30. The molecule has 0 amide bonds. The van der Waals surface area contributed by atoms with Gasteiger partial charge >= 0.3 is 0 Å². The Hall–Kier alpha value is -1.64. The van der Waals surface area contributed by atoms with Crippen molar-refractivity contribution in [2.75, 3.05) is 0 Å². The number of aryl methyl sites for hydroxylation is 2. The molecule has 0 spiro atoms. The maximum absolute atomic E-state index is 4.15. The summed E-state index contributed by atoms with van der Waals surface area (Å²) in [6.07, 6.45) is 0. The van der Waals surface area contributed by atoms with Crippen molar-refractivity contribution in [2.24, 2.45) is 0 Å². The summed E-state index contributed by atoms with van der Waals surface area (Å²) >= 11 is 0.